The molecule has 6 nitrogen and oxygen atoms in total. The molecule has 0 spiro atoms. The van der Waals surface area contributed by atoms with Gasteiger partial charge in [0.1, 0.15) is 12.2 Å². The lowest BCUT2D eigenvalue weighted by Crippen LogP contribution is -2.39. The molecule has 160 valence electrons. The standard InChI is InChI=1S/C24H25N3O3S/c25-15-21-20-9-8-19(30-24(29)27-11-2-1-3-12-27)14-23(20)31-22(21)13-18(28)7-6-17-5-4-10-26-16-17/h4-7,10,16,19H,1-3,8-9,11-14H2/b7-6+. The Morgan fingerprint density at radius 3 is 2.90 bits per heavy atom. The molecule has 0 aromatic carbocycles. The number of carbonyl (C=O) groups excluding carboxylic acids is 2. The SMILES string of the molecule is N#Cc1c(CC(=O)/C=C/c2cccnc2)sc2c1CCC(OC(=O)N1CCCCC1)C2. The summed E-state index contributed by atoms with van der Waals surface area (Å²) < 4.78 is 5.77. The highest BCUT2D eigenvalue weighted by molar-refractivity contribution is 7.12. The molecule has 4 rings (SSSR count). The van der Waals surface area contributed by atoms with E-state index in [1.807, 2.05) is 12.1 Å². The average molecular weight is 436 g/mol. The lowest BCUT2D eigenvalue weighted by atomic mass is 9.92. The Hall–Kier alpha value is -2.98. The number of amides is 1. The first-order valence-corrected chi connectivity index (χ1v) is 11.6. The monoisotopic (exact) mass is 435 g/mol. The van der Waals surface area contributed by atoms with Gasteiger partial charge in [0.2, 0.25) is 0 Å². The minimum Gasteiger partial charge on any atom is -0.446 e. The molecule has 1 saturated heterocycles. The number of allylic oxidation sites excluding steroid dienone is 1. The lowest BCUT2D eigenvalue weighted by Gasteiger charge is -2.29. The van der Waals surface area contributed by atoms with Crippen molar-refractivity contribution in [2.24, 2.45) is 0 Å². The van der Waals surface area contributed by atoms with Crippen LogP contribution in [0.2, 0.25) is 0 Å². The second kappa shape index (κ2) is 9.88. The molecule has 2 aliphatic rings. The number of thiophene rings is 1. The number of hydrogen-bond acceptors (Lipinski definition) is 6. The van der Waals surface area contributed by atoms with Crippen LogP contribution in [0.5, 0.6) is 0 Å². The Morgan fingerprint density at radius 1 is 1.32 bits per heavy atom. The van der Waals surface area contributed by atoms with Crippen molar-refractivity contribution in [3.8, 4) is 6.07 Å². The molecular formula is C24H25N3O3S. The Kier molecular flexibility index (Phi) is 6.78. The van der Waals surface area contributed by atoms with Gasteiger partial charge in [0.25, 0.3) is 0 Å². The second-order valence-electron chi connectivity index (χ2n) is 7.97. The van der Waals surface area contributed by atoms with E-state index in [1.54, 1.807) is 29.4 Å². The number of nitriles is 1. The third-order valence-corrected chi connectivity index (χ3v) is 7.02. The molecule has 1 aliphatic carbocycles. The number of likely N-dealkylation sites (tertiary alicyclic amines) is 1. The fourth-order valence-electron chi connectivity index (χ4n) is 4.14. The van der Waals surface area contributed by atoms with Crippen molar-refractivity contribution in [2.45, 2.75) is 51.0 Å². The molecule has 0 saturated carbocycles. The fourth-order valence-corrected chi connectivity index (χ4v) is 5.52. The molecule has 0 N–H and O–H groups in total. The quantitative estimate of drug-likeness (QED) is 0.653. The summed E-state index contributed by atoms with van der Waals surface area (Å²) in [6.45, 7) is 1.54. The van der Waals surface area contributed by atoms with Crippen molar-refractivity contribution in [2.75, 3.05) is 13.1 Å². The smallest absolute Gasteiger partial charge is 0.410 e. The van der Waals surface area contributed by atoms with Crippen molar-refractivity contribution in [1.82, 2.24) is 9.88 Å². The summed E-state index contributed by atoms with van der Waals surface area (Å²) in [7, 11) is 0. The molecule has 0 bridgehead atoms. The zero-order valence-electron chi connectivity index (χ0n) is 17.4. The van der Waals surface area contributed by atoms with E-state index in [0.717, 1.165) is 46.8 Å². The fraction of sp³-hybridized carbons (Fsp3) is 0.417. The summed E-state index contributed by atoms with van der Waals surface area (Å²) in [6.07, 6.45) is 11.8. The van der Waals surface area contributed by atoms with Gasteiger partial charge >= 0.3 is 6.09 Å². The zero-order chi connectivity index (χ0) is 21.6. The normalized spacial score (nSPS) is 18.4. The van der Waals surface area contributed by atoms with Crippen LogP contribution in [-0.2, 0) is 28.8 Å². The highest BCUT2D eigenvalue weighted by Gasteiger charge is 2.29. The van der Waals surface area contributed by atoms with E-state index in [2.05, 4.69) is 11.1 Å². The van der Waals surface area contributed by atoms with Crippen LogP contribution in [0.4, 0.5) is 4.79 Å². The summed E-state index contributed by atoms with van der Waals surface area (Å²) >= 11 is 1.51. The van der Waals surface area contributed by atoms with Crippen molar-refractivity contribution in [3.63, 3.8) is 0 Å². The topological polar surface area (TPSA) is 83.3 Å². The maximum Gasteiger partial charge on any atom is 0.410 e. The molecule has 0 radical (unpaired) electrons. The average Bonchev–Trinajstić information content (AvgIpc) is 3.15. The van der Waals surface area contributed by atoms with Crippen molar-refractivity contribution in [1.29, 1.82) is 5.26 Å². The molecule has 2 aromatic rings. The van der Waals surface area contributed by atoms with Gasteiger partial charge in [0.15, 0.2) is 5.78 Å². The molecule has 1 amide bonds. The van der Waals surface area contributed by atoms with E-state index in [9.17, 15) is 14.9 Å². The number of rotatable bonds is 5. The van der Waals surface area contributed by atoms with Crippen LogP contribution in [0.25, 0.3) is 6.08 Å². The number of carbonyl (C=O) groups is 2. The van der Waals surface area contributed by atoms with Gasteiger partial charge in [-0.05, 0) is 61.4 Å². The van der Waals surface area contributed by atoms with Crippen LogP contribution >= 0.6 is 11.3 Å². The van der Waals surface area contributed by atoms with E-state index < -0.39 is 0 Å². The molecule has 3 heterocycles. The summed E-state index contributed by atoms with van der Waals surface area (Å²) in [5, 5.41) is 9.69. The van der Waals surface area contributed by atoms with Gasteiger partial charge in [0, 0.05) is 48.1 Å². The number of nitrogens with zero attached hydrogens (tertiary/aromatic N) is 3. The molecule has 1 unspecified atom stereocenters. The van der Waals surface area contributed by atoms with Gasteiger partial charge in [-0.15, -0.1) is 11.3 Å². The highest BCUT2D eigenvalue weighted by atomic mass is 32.1. The van der Waals surface area contributed by atoms with Crippen LogP contribution in [0.15, 0.2) is 30.6 Å². The van der Waals surface area contributed by atoms with Crippen molar-refractivity contribution >= 4 is 29.3 Å². The third-order valence-electron chi connectivity index (χ3n) is 5.77. The first-order valence-electron chi connectivity index (χ1n) is 10.7. The molecule has 1 fully saturated rings. The highest BCUT2D eigenvalue weighted by Crippen LogP contribution is 2.35. The Balaban J connectivity index is 1.41. The van der Waals surface area contributed by atoms with Gasteiger partial charge in [-0.2, -0.15) is 5.26 Å². The van der Waals surface area contributed by atoms with Gasteiger partial charge in [0.05, 0.1) is 5.56 Å². The molecule has 31 heavy (non-hydrogen) atoms. The van der Waals surface area contributed by atoms with Crippen LogP contribution in [0.3, 0.4) is 0 Å². The third kappa shape index (κ3) is 5.20. The van der Waals surface area contributed by atoms with Crippen LogP contribution in [-0.4, -0.2) is 41.0 Å². The molecular weight excluding hydrogens is 410 g/mol. The lowest BCUT2D eigenvalue weighted by molar-refractivity contribution is -0.113. The molecule has 7 heteroatoms. The van der Waals surface area contributed by atoms with Crippen LogP contribution < -0.4 is 0 Å². The predicted octanol–water partition coefficient (Wildman–Crippen LogP) is 4.32. The molecule has 1 atom stereocenters. The number of ketones is 1. The number of hydrogen-bond donors (Lipinski definition) is 0. The van der Waals surface area contributed by atoms with E-state index in [1.165, 1.54) is 17.8 Å². The van der Waals surface area contributed by atoms with E-state index in [0.29, 0.717) is 24.8 Å². The maximum atomic E-state index is 12.5. The Bertz CT molecular complexity index is 1020. The summed E-state index contributed by atoms with van der Waals surface area (Å²) in [6, 6.07) is 6.00. The van der Waals surface area contributed by atoms with Crippen LogP contribution in [0.1, 0.15) is 52.1 Å². The van der Waals surface area contributed by atoms with Crippen molar-refractivity contribution in [3.05, 3.63) is 57.0 Å². The first-order chi connectivity index (χ1) is 15.1. The number of aromatic nitrogens is 1. The predicted molar refractivity (Wildman–Crippen MR) is 119 cm³/mol. The minimum atomic E-state index is -0.221. The second-order valence-corrected chi connectivity index (χ2v) is 9.16. The van der Waals surface area contributed by atoms with Gasteiger partial charge < -0.3 is 9.64 Å². The number of ether oxygens (including phenoxy) is 1. The number of piperidine rings is 1. The number of fused-ring (bicyclic) bond motifs is 1. The summed E-state index contributed by atoms with van der Waals surface area (Å²) in [4.78, 5) is 32.6. The summed E-state index contributed by atoms with van der Waals surface area (Å²) in [5.74, 6) is -0.0490. The van der Waals surface area contributed by atoms with Gasteiger partial charge in [-0.1, -0.05) is 6.07 Å². The maximum absolute atomic E-state index is 12.5. The van der Waals surface area contributed by atoms with Crippen molar-refractivity contribution < 1.29 is 14.3 Å². The molecule has 2 aromatic heterocycles. The van der Waals surface area contributed by atoms with Crippen LogP contribution in [0, 0.1) is 11.3 Å². The first kappa shape index (κ1) is 21.3. The largest absolute Gasteiger partial charge is 0.446 e. The zero-order valence-corrected chi connectivity index (χ0v) is 18.2. The Morgan fingerprint density at radius 2 is 2.16 bits per heavy atom. The van der Waals surface area contributed by atoms with Gasteiger partial charge in [-0.25, -0.2) is 4.79 Å². The summed E-state index contributed by atoms with van der Waals surface area (Å²) in [5.41, 5.74) is 2.51. The minimum absolute atomic E-state index is 0.0490. The van der Waals surface area contributed by atoms with E-state index >= 15 is 0 Å². The van der Waals surface area contributed by atoms with E-state index in [-0.39, 0.29) is 24.4 Å². The Labute approximate surface area is 186 Å². The number of pyridine rings is 1. The van der Waals surface area contributed by atoms with Gasteiger partial charge in [-0.3, -0.25) is 9.78 Å². The molecule has 1 aliphatic heterocycles. The van der Waals surface area contributed by atoms with E-state index in [4.69, 9.17) is 4.74 Å².